The van der Waals surface area contributed by atoms with E-state index in [9.17, 15) is 0 Å². The molecule has 0 unspecified atom stereocenters. The Morgan fingerprint density at radius 3 is 2.80 bits per heavy atom. The first kappa shape index (κ1) is 22.7. The molecule has 1 aliphatic carbocycles. The van der Waals surface area contributed by atoms with Crippen molar-refractivity contribution >= 4 is 32.8 Å². The fourth-order valence-electron chi connectivity index (χ4n) is 5.04. The number of ether oxygens (including phenoxy) is 2. The number of rotatable bonds is 8. The second-order valence-corrected chi connectivity index (χ2v) is 10.7. The SMILES string of the molecule is COc1cc(C)cc2cc(-c3c(COCC4CC4)c(CN4CCNCC4)n4ncnc(N)c34)sc12. The first-order chi connectivity index (χ1) is 17.1. The minimum atomic E-state index is 0.491. The summed E-state index contributed by atoms with van der Waals surface area (Å²) < 4.78 is 15.1. The van der Waals surface area contributed by atoms with E-state index in [0.29, 0.717) is 18.3 Å². The summed E-state index contributed by atoms with van der Waals surface area (Å²) in [5.41, 5.74) is 12.0. The van der Waals surface area contributed by atoms with Gasteiger partial charge in [-0.2, -0.15) is 5.10 Å². The number of piperazine rings is 1. The summed E-state index contributed by atoms with van der Waals surface area (Å²) in [4.78, 5) is 7.99. The third-order valence-corrected chi connectivity index (χ3v) is 8.22. The quantitative estimate of drug-likeness (QED) is 0.386. The number of benzene rings is 1. The van der Waals surface area contributed by atoms with Gasteiger partial charge in [0.25, 0.3) is 0 Å². The molecular weight excluding hydrogens is 460 g/mol. The van der Waals surface area contributed by atoms with Gasteiger partial charge in [0.1, 0.15) is 17.6 Å². The first-order valence-electron chi connectivity index (χ1n) is 12.3. The minimum Gasteiger partial charge on any atom is -0.495 e. The van der Waals surface area contributed by atoms with Gasteiger partial charge in [-0.1, -0.05) is 6.07 Å². The summed E-state index contributed by atoms with van der Waals surface area (Å²) in [6.07, 6.45) is 4.09. The number of hydrogen-bond donors (Lipinski definition) is 2. The van der Waals surface area contributed by atoms with Gasteiger partial charge in [-0.05, 0) is 48.8 Å². The zero-order valence-electron chi connectivity index (χ0n) is 20.3. The highest BCUT2D eigenvalue weighted by molar-refractivity contribution is 7.22. The minimum absolute atomic E-state index is 0.491. The summed E-state index contributed by atoms with van der Waals surface area (Å²) in [6, 6.07) is 6.55. The smallest absolute Gasteiger partial charge is 0.152 e. The predicted molar refractivity (Wildman–Crippen MR) is 140 cm³/mol. The maximum absolute atomic E-state index is 6.51. The van der Waals surface area contributed by atoms with Gasteiger partial charge in [0.2, 0.25) is 0 Å². The molecule has 1 saturated carbocycles. The topological polar surface area (TPSA) is 89.9 Å². The highest BCUT2D eigenvalue weighted by Gasteiger charge is 2.27. The molecule has 8 nitrogen and oxygen atoms in total. The van der Waals surface area contributed by atoms with Crippen molar-refractivity contribution < 1.29 is 9.47 Å². The van der Waals surface area contributed by atoms with Crippen LogP contribution in [0.4, 0.5) is 5.82 Å². The number of nitrogen functional groups attached to an aromatic ring is 1. The maximum atomic E-state index is 6.51. The Hall–Kier alpha value is -2.72. The Balaban J connectivity index is 1.53. The number of aromatic nitrogens is 3. The van der Waals surface area contributed by atoms with E-state index >= 15 is 0 Å². The number of anilines is 1. The van der Waals surface area contributed by atoms with Gasteiger partial charge in [-0.3, -0.25) is 4.90 Å². The summed E-state index contributed by atoms with van der Waals surface area (Å²) in [5.74, 6) is 2.09. The molecule has 0 atom stereocenters. The third kappa shape index (κ3) is 4.38. The third-order valence-electron chi connectivity index (χ3n) is 7.03. The molecule has 2 aliphatic rings. The molecular formula is C26H32N6O2S. The molecule has 184 valence electrons. The number of fused-ring (bicyclic) bond motifs is 2. The first-order valence-corrected chi connectivity index (χ1v) is 13.2. The van der Waals surface area contributed by atoms with Crippen LogP contribution in [0.25, 0.3) is 26.0 Å². The predicted octanol–water partition coefficient (Wildman–Crippen LogP) is 3.84. The van der Waals surface area contributed by atoms with Gasteiger partial charge in [-0.25, -0.2) is 9.50 Å². The van der Waals surface area contributed by atoms with Crippen molar-refractivity contribution in [1.82, 2.24) is 24.8 Å². The molecule has 1 saturated heterocycles. The van der Waals surface area contributed by atoms with Crippen LogP contribution in [0.15, 0.2) is 24.5 Å². The summed E-state index contributed by atoms with van der Waals surface area (Å²) in [5, 5.41) is 9.30. The van der Waals surface area contributed by atoms with Crippen LogP contribution in [-0.2, 0) is 17.9 Å². The number of nitrogens with two attached hydrogens (primary N) is 1. The molecule has 0 radical (unpaired) electrons. The Kier molecular flexibility index (Phi) is 6.09. The molecule has 0 amide bonds. The van der Waals surface area contributed by atoms with Crippen LogP contribution in [0.2, 0.25) is 0 Å². The highest BCUT2D eigenvalue weighted by Crippen LogP contribution is 2.44. The van der Waals surface area contributed by atoms with Crippen molar-refractivity contribution in [3.8, 4) is 16.2 Å². The molecule has 1 aliphatic heterocycles. The van der Waals surface area contributed by atoms with E-state index in [1.807, 2.05) is 4.52 Å². The monoisotopic (exact) mass is 492 g/mol. The zero-order chi connectivity index (χ0) is 23.9. The standard InChI is InChI=1S/C26H32N6O2S/c1-16-9-18-11-22(35-25(18)21(10-16)33-2)23-19(14-34-13-17-3-4-17)20(12-31-7-5-28-6-8-31)32-24(23)26(27)29-15-30-32/h9-11,15,17,28H,3-8,12-14H2,1-2H3,(H2,27,29,30). The molecule has 4 aromatic rings. The van der Waals surface area contributed by atoms with Gasteiger partial charge in [-0.15, -0.1) is 11.3 Å². The lowest BCUT2D eigenvalue weighted by Gasteiger charge is -2.27. The number of nitrogens with zero attached hydrogens (tertiary/aromatic N) is 4. The Labute approximate surface area is 209 Å². The van der Waals surface area contributed by atoms with Crippen molar-refractivity contribution in [2.75, 3.05) is 45.6 Å². The number of hydrogen-bond acceptors (Lipinski definition) is 8. The second-order valence-electron chi connectivity index (χ2n) is 9.69. The summed E-state index contributed by atoms with van der Waals surface area (Å²) in [7, 11) is 1.73. The van der Waals surface area contributed by atoms with E-state index in [4.69, 9.17) is 15.2 Å². The van der Waals surface area contributed by atoms with Gasteiger partial charge >= 0.3 is 0 Å². The van der Waals surface area contributed by atoms with Crippen molar-refractivity contribution in [3.05, 3.63) is 41.3 Å². The lowest BCUT2D eigenvalue weighted by atomic mass is 10.1. The summed E-state index contributed by atoms with van der Waals surface area (Å²) >= 11 is 1.73. The second kappa shape index (κ2) is 9.39. The van der Waals surface area contributed by atoms with E-state index in [0.717, 1.165) is 71.4 Å². The van der Waals surface area contributed by atoms with Crippen LogP contribution in [0.1, 0.15) is 29.7 Å². The summed E-state index contributed by atoms with van der Waals surface area (Å²) in [6.45, 7) is 8.25. The molecule has 3 N–H and O–H groups in total. The van der Waals surface area contributed by atoms with Gasteiger partial charge in [0.05, 0.1) is 24.1 Å². The molecule has 0 bridgehead atoms. The zero-order valence-corrected chi connectivity index (χ0v) is 21.2. The fourth-order valence-corrected chi connectivity index (χ4v) is 6.24. The van der Waals surface area contributed by atoms with E-state index in [2.05, 4.69) is 45.4 Å². The number of methoxy groups -OCH3 is 1. The van der Waals surface area contributed by atoms with Crippen LogP contribution in [0, 0.1) is 12.8 Å². The molecule has 3 aromatic heterocycles. The van der Waals surface area contributed by atoms with Crippen molar-refractivity contribution in [1.29, 1.82) is 0 Å². The van der Waals surface area contributed by atoms with E-state index in [-0.39, 0.29) is 0 Å². The van der Waals surface area contributed by atoms with Crippen LogP contribution < -0.4 is 15.8 Å². The Morgan fingerprint density at radius 2 is 2.03 bits per heavy atom. The Bertz CT molecular complexity index is 1370. The van der Waals surface area contributed by atoms with Crippen LogP contribution in [0.5, 0.6) is 5.75 Å². The lowest BCUT2D eigenvalue weighted by Crippen LogP contribution is -2.43. The molecule has 4 heterocycles. The Morgan fingerprint density at radius 1 is 1.20 bits per heavy atom. The molecule has 6 rings (SSSR count). The molecule has 35 heavy (non-hydrogen) atoms. The maximum Gasteiger partial charge on any atom is 0.152 e. The molecule has 9 heteroatoms. The van der Waals surface area contributed by atoms with E-state index in [1.165, 1.54) is 29.4 Å². The average molecular weight is 493 g/mol. The van der Waals surface area contributed by atoms with Gasteiger partial charge < -0.3 is 20.5 Å². The van der Waals surface area contributed by atoms with Crippen LogP contribution in [-0.4, -0.2) is 59.4 Å². The highest BCUT2D eigenvalue weighted by atomic mass is 32.1. The van der Waals surface area contributed by atoms with E-state index in [1.54, 1.807) is 24.8 Å². The molecule has 1 aromatic carbocycles. The van der Waals surface area contributed by atoms with Gasteiger partial charge in [0, 0.05) is 55.3 Å². The largest absolute Gasteiger partial charge is 0.495 e. The van der Waals surface area contributed by atoms with Crippen molar-refractivity contribution in [2.45, 2.75) is 32.9 Å². The van der Waals surface area contributed by atoms with Crippen molar-refractivity contribution in [2.24, 2.45) is 5.92 Å². The fraction of sp³-hybridized carbons (Fsp3) is 0.462. The van der Waals surface area contributed by atoms with Crippen LogP contribution in [0.3, 0.4) is 0 Å². The van der Waals surface area contributed by atoms with Crippen molar-refractivity contribution in [3.63, 3.8) is 0 Å². The lowest BCUT2D eigenvalue weighted by molar-refractivity contribution is 0.110. The van der Waals surface area contributed by atoms with Gasteiger partial charge in [0.15, 0.2) is 5.82 Å². The number of aryl methyl sites for hydroxylation is 1. The molecule has 2 fully saturated rings. The average Bonchev–Trinajstić information content (AvgIpc) is 3.51. The number of thiophene rings is 1. The molecule has 0 spiro atoms. The normalized spacial score (nSPS) is 17.0. The van der Waals surface area contributed by atoms with Crippen LogP contribution >= 0.6 is 11.3 Å². The van der Waals surface area contributed by atoms with E-state index < -0.39 is 0 Å². The number of nitrogens with one attached hydrogen (secondary N) is 1.